The van der Waals surface area contributed by atoms with Crippen molar-refractivity contribution in [2.24, 2.45) is 4.99 Å². The lowest BCUT2D eigenvalue weighted by molar-refractivity contribution is 0.0827. The van der Waals surface area contributed by atoms with Crippen LogP contribution in [0, 0.1) is 0 Å². The minimum Gasteiger partial charge on any atom is -0.357 e. The molecule has 1 aliphatic carbocycles. The van der Waals surface area contributed by atoms with Crippen molar-refractivity contribution < 1.29 is 4.79 Å². The van der Waals surface area contributed by atoms with E-state index in [1.165, 1.54) is 18.4 Å². The lowest BCUT2D eigenvalue weighted by Crippen LogP contribution is -2.54. The van der Waals surface area contributed by atoms with Gasteiger partial charge in [0.05, 0.1) is 6.54 Å². The molecule has 0 spiro atoms. The summed E-state index contributed by atoms with van der Waals surface area (Å²) >= 11 is 0. The van der Waals surface area contributed by atoms with Crippen molar-refractivity contribution in [2.45, 2.75) is 57.7 Å². The van der Waals surface area contributed by atoms with Crippen LogP contribution in [0.3, 0.4) is 0 Å². The van der Waals surface area contributed by atoms with Gasteiger partial charge in [-0.3, -0.25) is 4.79 Å². The molecular formula is C27H39N5O. The number of benzene rings is 2. The fourth-order valence-electron chi connectivity index (χ4n) is 4.48. The summed E-state index contributed by atoms with van der Waals surface area (Å²) in [5, 5.41) is 10.9. The van der Waals surface area contributed by atoms with Gasteiger partial charge in [-0.25, -0.2) is 4.99 Å². The molecule has 0 heterocycles. The summed E-state index contributed by atoms with van der Waals surface area (Å²) in [4.78, 5) is 18.5. The molecule has 1 saturated carbocycles. The van der Waals surface area contributed by atoms with Crippen LogP contribution < -0.4 is 16.0 Å². The molecule has 1 unspecified atom stereocenters. The van der Waals surface area contributed by atoms with E-state index in [-0.39, 0.29) is 11.4 Å². The van der Waals surface area contributed by atoms with E-state index in [4.69, 9.17) is 4.99 Å². The molecule has 0 radical (unpaired) electrons. The highest BCUT2D eigenvalue weighted by atomic mass is 16.2. The average Bonchev–Trinajstić information content (AvgIpc) is 3.29. The summed E-state index contributed by atoms with van der Waals surface area (Å²) < 4.78 is 0. The van der Waals surface area contributed by atoms with E-state index in [1.54, 1.807) is 19.0 Å². The molecule has 1 amide bonds. The van der Waals surface area contributed by atoms with Crippen molar-refractivity contribution in [3.63, 3.8) is 0 Å². The van der Waals surface area contributed by atoms with E-state index in [0.29, 0.717) is 18.2 Å². The van der Waals surface area contributed by atoms with Crippen molar-refractivity contribution >= 4 is 11.9 Å². The molecule has 0 bridgehead atoms. The number of nitrogens with zero attached hydrogens (tertiary/aromatic N) is 2. The largest absolute Gasteiger partial charge is 0.357 e. The first-order chi connectivity index (χ1) is 15.9. The van der Waals surface area contributed by atoms with E-state index < -0.39 is 0 Å². The highest BCUT2D eigenvalue weighted by Crippen LogP contribution is 2.31. The molecule has 1 atom stereocenters. The quantitative estimate of drug-likeness (QED) is 0.398. The smallest absolute Gasteiger partial charge is 0.253 e. The Morgan fingerprint density at radius 2 is 1.70 bits per heavy atom. The molecule has 0 saturated heterocycles. The van der Waals surface area contributed by atoms with Gasteiger partial charge in [0.25, 0.3) is 5.91 Å². The van der Waals surface area contributed by atoms with Crippen LogP contribution in [0.25, 0.3) is 0 Å². The van der Waals surface area contributed by atoms with Gasteiger partial charge in [0.15, 0.2) is 5.96 Å². The number of carbonyl (C=O) groups excluding carboxylic acids is 1. The van der Waals surface area contributed by atoms with Crippen molar-refractivity contribution in [1.82, 2.24) is 20.9 Å². The summed E-state index contributed by atoms with van der Waals surface area (Å²) in [7, 11) is 3.53. The van der Waals surface area contributed by atoms with Crippen LogP contribution in [-0.2, 0) is 6.54 Å². The lowest BCUT2D eigenvalue weighted by atomic mass is 9.94. The number of hydrogen-bond donors (Lipinski definition) is 3. The Bertz CT molecular complexity index is 902. The van der Waals surface area contributed by atoms with Gasteiger partial charge in [-0.2, -0.15) is 0 Å². The second kappa shape index (κ2) is 11.8. The first-order valence-corrected chi connectivity index (χ1v) is 12.1. The Morgan fingerprint density at radius 1 is 1.03 bits per heavy atom. The summed E-state index contributed by atoms with van der Waals surface area (Å²) in [6.07, 6.45) is 4.83. The van der Waals surface area contributed by atoms with Crippen LogP contribution in [0.15, 0.2) is 59.6 Å². The highest BCUT2D eigenvalue weighted by molar-refractivity contribution is 5.93. The number of hydrogen-bond acceptors (Lipinski definition) is 3. The van der Waals surface area contributed by atoms with Crippen molar-refractivity contribution in [1.29, 1.82) is 0 Å². The van der Waals surface area contributed by atoms with Gasteiger partial charge >= 0.3 is 0 Å². The van der Waals surface area contributed by atoms with Gasteiger partial charge < -0.3 is 20.9 Å². The van der Waals surface area contributed by atoms with E-state index in [1.807, 2.05) is 24.3 Å². The Balaban J connectivity index is 1.63. The van der Waals surface area contributed by atoms with Crippen LogP contribution in [0.4, 0.5) is 0 Å². The Hall–Kier alpha value is -2.86. The van der Waals surface area contributed by atoms with E-state index in [0.717, 1.165) is 37.5 Å². The van der Waals surface area contributed by atoms with Gasteiger partial charge in [0, 0.05) is 44.3 Å². The summed E-state index contributed by atoms with van der Waals surface area (Å²) in [5.41, 5.74) is 3.16. The number of guanidine groups is 1. The summed E-state index contributed by atoms with van der Waals surface area (Å²) in [5.74, 6) is 0.838. The van der Waals surface area contributed by atoms with Crippen molar-refractivity contribution in [2.75, 3.05) is 27.2 Å². The Morgan fingerprint density at radius 3 is 2.30 bits per heavy atom. The molecule has 3 rings (SSSR count). The summed E-state index contributed by atoms with van der Waals surface area (Å²) in [6.45, 7) is 6.54. The molecule has 1 aliphatic rings. The van der Waals surface area contributed by atoms with Gasteiger partial charge in [-0.05, 0) is 49.9 Å². The number of aliphatic imine (C=N–C) groups is 1. The predicted molar refractivity (Wildman–Crippen MR) is 136 cm³/mol. The maximum absolute atomic E-state index is 12.1. The van der Waals surface area contributed by atoms with Crippen molar-refractivity contribution in [3.05, 3.63) is 71.3 Å². The molecule has 33 heavy (non-hydrogen) atoms. The standard InChI is InChI=1S/C27H39N5O/c1-5-28-26(29-19-22-13-15-24(16-14-22)25(33)32(3)4)30-20-27(17-9-10-18-27)31-21(2)23-11-7-6-8-12-23/h6-8,11-16,21,31H,5,9-10,17-20H2,1-4H3,(H2,28,29,30). The molecule has 6 nitrogen and oxygen atoms in total. The minimum atomic E-state index is 0.0131. The lowest BCUT2D eigenvalue weighted by Gasteiger charge is -2.35. The van der Waals surface area contributed by atoms with Crippen LogP contribution >= 0.6 is 0 Å². The Kier molecular flexibility index (Phi) is 8.89. The van der Waals surface area contributed by atoms with Gasteiger partial charge in [0.2, 0.25) is 0 Å². The van der Waals surface area contributed by atoms with Crippen LogP contribution in [0.1, 0.15) is 67.1 Å². The monoisotopic (exact) mass is 449 g/mol. The minimum absolute atomic E-state index is 0.0131. The SMILES string of the molecule is CCNC(=NCc1ccc(C(=O)N(C)C)cc1)NCC1(NC(C)c2ccccc2)CCCC1. The van der Waals surface area contributed by atoms with Crippen LogP contribution in [-0.4, -0.2) is 49.5 Å². The van der Waals surface area contributed by atoms with Crippen molar-refractivity contribution in [3.8, 4) is 0 Å². The highest BCUT2D eigenvalue weighted by Gasteiger charge is 2.35. The number of carbonyl (C=O) groups is 1. The molecule has 1 fully saturated rings. The molecule has 3 N–H and O–H groups in total. The van der Waals surface area contributed by atoms with E-state index in [9.17, 15) is 4.79 Å². The molecule has 2 aromatic carbocycles. The fraction of sp³-hybridized carbons (Fsp3) is 0.481. The Labute approximate surface area is 198 Å². The number of amides is 1. The molecule has 2 aromatic rings. The van der Waals surface area contributed by atoms with E-state index in [2.05, 4.69) is 60.1 Å². The average molecular weight is 450 g/mol. The molecular weight excluding hydrogens is 410 g/mol. The molecule has 0 aliphatic heterocycles. The van der Waals surface area contributed by atoms with Crippen LogP contribution in [0.2, 0.25) is 0 Å². The number of nitrogens with one attached hydrogen (secondary N) is 3. The zero-order chi connectivity index (χ0) is 23.7. The molecule has 0 aromatic heterocycles. The predicted octanol–water partition coefficient (Wildman–Crippen LogP) is 4.11. The van der Waals surface area contributed by atoms with E-state index >= 15 is 0 Å². The third-order valence-corrected chi connectivity index (χ3v) is 6.35. The first kappa shape index (κ1) is 24.8. The zero-order valence-electron chi connectivity index (χ0n) is 20.5. The topological polar surface area (TPSA) is 68.8 Å². The summed E-state index contributed by atoms with van der Waals surface area (Å²) in [6, 6.07) is 18.7. The first-order valence-electron chi connectivity index (χ1n) is 12.1. The fourth-order valence-corrected chi connectivity index (χ4v) is 4.48. The molecule has 178 valence electrons. The second-order valence-corrected chi connectivity index (χ2v) is 9.21. The van der Waals surface area contributed by atoms with Gasteiger partial charge in [-0.1, -0.05) is 55.3 Å². The van der Waals surface area contributed by atoms with Crippen LogP contribution in [0.5, 0.6) is 0 Å². The normalized spacial score (nSPS) is 16.3. The third-order valence-electron chi connectivity index (χ3n) is 6.35. The molecule has 6 heteroatoms. The zero-order valence-corrected chi connectivity index (χ0v) is 20.5. The maximum Gasteiger partial charge on any atom is 0.253 e. The maximum atomic E-state index is 12.1. The third kappa shape index (κ3) is 7.06. The van der Waals surface area contributed by atoms with Gasteiger partial charge in [-0.15, -0.1) is 0 Å². The van der Waals surface area contributed by atoms with Gasteiger partial charge in [0.1, 0.15) is 0 Å². The second-order valence-electron chi connectivity index (χ2n) is 9.21. The number of rotatable bonds is 9.